The van der Waals surface area contributed by atoms with E-state index >= 15 is 0 Å². The summed E-state index contributed by atoms with van der Waals surface area (Å²) in [6.45, 7) is 6.62. The molecule has 0 bridgehead atoms. The van der Waals surface area contributed by atoms with Crippen LogP contribution in [-0.4, -0.2) is 114 Å². The molecule has 11 heteroatoms. The number of amides is 1. The molecule has 0 spiro atoms. The van der Waals surface area contributed by atoms with E-state index in [4.69, 9.17) is 46.9 Å². The largest absolute Gasteiger partial charge is 0.382 e. The highest BCUT2D eigenvalue weighted by atomic mass is 35.5. The summed E-state index contributed by atoms with van der Waals surface area (Å²) in [4.78, 5) is 18.0. The van der Waals surface area contributed by atoms with E-state index < -0.39 is 0 Å². The molecule has 2 fully saturated rings. The minimum absolute atomic E-state index is 0.0165. The first kappa shape index (κ1) is 36.1. The van der Waals surface area contributed by atoms with Gasteiger partial charge in [-0.2, -0.15) is 0 Å². The van der Waals surface area contributed by atoms with Crippen LogP contribution in [0.1, 0.15) is 42.9 Å². The van der Waals surface area contributed by atoms with Gasteiger partial charge in [0.25, 0.3) is 0 Å². The summed E-state index contributed by atoms with van der Waals surface area (Å²) in [5, 5.41) is 4.51. The fourth-order valence-corrected chi connectivity index (χ4v) is 6.17. The first-order chi connectivity index (χ1) is 21.9. The maximum Gasteiger partial charge on any atom is 0.227 e. The number of likely N-dealkylation sites (tertiary alicyclic amines) is 1. The molecule has 0 radical (unpaired) electrons. The highest BCUT2D eigenvalue weighted by Gasteiger charge is 2.37. The number of nitrogens with one attached hydrogen (secondary N) is 1. The molecule has 2 aromatic carbocycles. The second-order valence-electron chi connectivity index (χ2n) is 11.7. The Kier molecular flexibility index (Phi) is 15.8. The Balaban J connectivity index is 1.38. The maximum atomic E-state index is 13.6. The predicted octanol–water partition coefficient (Wildman–Crippen LogP) is 4.99. The topological polar surface area (TPSA) is 81.7 Å². The number of rotatable bonds is 19. The molecule has 2 aliphatic heterocycles. The molecular weight excluding hydrogens is 617 g/mol. The van der Waals surface area contributed by atoms with Gasteiger partial charge in [-0.3, -0.25) is 9.69 Å². The van der Waals surface area contributed by atoms with Crippen LogP contribution in [0.25, 0.3) is 0 Å². The normalized spacial score (nSPS) is 21.2. The molecule has 4 rings (SSSR count). The lowest BCUT2D eigenvalue weighted by Crippen LogP contribution is -2.45. The fourth-order valence-electron chi connectivity index (χ4n) is 5.85. The Bertz CT molecular complexity index is 1140. The predicted molar refractivity (Wildman–Crippen MR) is 177 cm³/mol. The average Bonchev–Trinajstić information content (AvgIpc) is 3.43. The van der Waals surface area contributed by atoms with E-state index in [2.05, 4.69) is 22.3 Å². The van der Waals surface area contributed by atoms with E-state index in [0.717, 1.165) is 63.1 Å². The number of hydrogen-bond donors (Lipinski definition) is 1. The van der Waals surface area contributed by atoms with Crippen molar-refractivity contribution in [1.29, 1.82) is 0 Å². The number of halogens is 2. The van der Waals surface area contributed by atoms with E-state index in [9.17, 15) is 4.79 Å². The van der Waals surface area contributed by atoms with E-state index in [0.29, 0.717) is 49.6 Å². The van der Waals surface area contributed by atoms with Crippen molar-refractivity contribution in [3.63, 3.8) is 0 Å². The van der Waals surface area contributed by atoms with Crippen LogP contribution in [0.3, 0.4) is 0 Å². The van der Waals surface area contributed by atoms with E-state index in [1.807, 2.05) is 36.2 Å². The number of hydrogen-bond acceptors (Lipinski definition) is 8. The molecule has 2 saturated heterocycles. The first-order valence-corrected chi connectivity index (χ1v) is 16.8. The standard InChI is InChI=1S/C34H49Cl2N3O6/c1-38(33(40)21-26-11-12-30(35)31(36)20-26)32(27-8-4-3-5-9-27)25-39-24-29(45-34-10-6-7-14-44-34)22-28(39)23-37-13-15-42-18-19-43-17-16-41-2/h3-5,8-9,11-12,20,28-29,32,34,37H,6-7,10,13-19,21-25H2,1-2H3/t28-,29+,32?,34?/m0/s1. The molecule has 9 nitrogen and oxygen atoms in total. The minimum atomic E-state index is -0.143. The fraction of sp³-hybridized carbons (Fsp3) is 0.618. The number of carbonyl (C=O) groups excluding carboxylic acids is 1. The molecular formula is C34H49Cl2N3O6. The number of nitrogens with zero attached hydrogens (tertiary/aromatic N) is 2. The highest BCUT2D eigenvalue weighted by molar-refractivity contribution is 6.42. The van der Waals surface area contributed by atoms with Crippen molar-refractivity contribution >= 4 is 29.1 Å². The van der Waals surface area contributed by atoms with Crippen molar-refractivity contribution in [1.82, 2.24) is 15.1 Å². The summed E-state index contributed by atoms with van der Waals surface area (Å²) in [5.74, 6) is 0.0165. The van der Waals surface area contributed by atoms with Gasteiger partial charge >= 0.3 is 0 Å². The third-order valence-electron chi connectivity index (χ3n) is 8.37. The molecule has 1 N–H and O–H groups in total. The zero-order chi connectivity index (χ0) is 31.9. The van der Waals surface area contributed by atoms with Crippen LogP contribution in [-0.2, 0) is 34.9 Å². The van der Waals surface area contributed by atoms with E-state index in [-0.39, 0.29) is 36.8 Å². The van der Waals surface area contributed by atoms with Crippen molar-refractivity contribution in [3.8, 4) is 0 Å². The Labute approximate surface area is 278 Å². The number of carbonyl (C=O) groups is 1. The number of benzene rings is 2. The van der Waals surface area contributed by atoms with Crippen LogP contribution in [0.5, 0.6) is 0 Å². The monoisotopic (exact) mass is 665 g/mol. The van der Waals surface area contributed by atoms with Gasteiger partial charge in [0.15, 0.2) is 6.29 Å². The molecule has 1 amide bonds. The molecule has 2 aromatic rings. The van der Waals surface area contributed by atoms with Crippen LogP contribution in [0.15, 0.2) is 48.5 Å². The van der Waals surface area contributed by atoms with Crippen LogP contribution >= 0.6 is 23.2 Å². The van der Waals surface area contributed by atoms with Crippen molar-refractivity contribution < 1.29 is 28.5 Å². The van der Waals surface area contributed by atoms with E-state index in [1.165, 1.54) is 0 Å². The average molecular weight is 667 g/mol. The Hall–Kier alpha value is -1.79. The lowest BCUT2D eigenvalue weighted by Gasteiger charge is -2.35. The summed E-state index contributed by atoms with van der Waals surface area (Å²) in [6, 6.07) is 15.7. The Morgan fingerprint density at radius 2 is 1.82 bits per heavy atom. The van der Waals surface area contributed by atoms with Gasteiger partial charge in [-0.15, -0.1) is 0 Å². The van der Waals surface area contributed by atoms with Crippen LogP contribution in [0.4, 0.5) is 0 Å². The lowest BCUT2D eigenvalue weighted by molar-refractivity contribution is -0.185. The molecule has 250 valence electrons. The quantitative estimate of drug-likeness (QED) is 0.210. The summed E-state index contributed by atoms with van der Waals surface area (Å²) >= 11 is 12.4. The van der Waals surface area contributed by atoms with Gasteiger partial charge < -0.3 is 33.9 Å². The van der Waals surface area contributed by atoms with Crippen molar-refractivity contribution in [3.05, 3.63) is 69.7 Å². The SMILES string of the molecule is COCCOCCOCCNC[C@@H]1C[C@@H](OC2CCCCO2)CN1CC(c1ccccc1)N(C)C(=O)Cc1ccc(Cl)c(Cl)c1. The second-order valence-corrected chi connectivity index (χ2v) is 12.5. The van der Waals surface area contributed by atoms with Crippen LogP contribution in [0, 0.1) is 0 Å². The highest BCUT2D eigenvalue weighted by Crippen LogP contribution is 2.30. The summed E-state index contributed by atoms with van der Waals surface area (Å²) < 4.78 is 28.6. The lowest BCUT2D eigenvalue weighted by atomic mass is 10.0. The number of likely N-dealkylation sites (N-methyl/N-ethyl adjacent to an activating group) is 1. The third-order valence-corrected chi connectivity index (χ3v) is 9.11. The van der Waals surface area contributed by atoms with Gasteiger partial charge in [-0.05, 0) is 48.9 Å². The summed E-state index contributed by atoms with van der Waals surface area (Å²) in [5.41, 5.74) is 1.93. The van der Waals surface area contributed by atoms with Gasteiger partial charge in [0.1, 0.15) is 0 Å². The van der Waals surface area contributed by atoms with Gasteiger partial charge in [0, 0.05) is 53.0 Å². The minimum Gasteiger partial charge on any atom is -0.382 e. The Morgan fingerprint density at radius 1 is 1.04 bits per heavy atom. The van der Waals surface area contributed by atoms with Gasteiger partial charge in [-0.25, -0.2) is 0 Å². The molecule has 2 aliphatic rings. The first-order valence-electron chi connectivity index (χ1n) is 16.1. The molecule has 0 aromatic heterocycles. The number of methoxy groups -OCH3 is 1. The van der Waals surface area contributed by atoms with Gasteiger partial charge in [0.2, 0.25) is 5.91 Å². The molecule has 4 atom stereocenters. The second kappa shape index (κ2) is 19.8. The zero-order valence-corrected chi connectivity index (χ0v) is 28.1. The van der Waals surface area contributed by atoms with Gasteiger partial charge in [-0.1, -0.05) is 59.6 Å². The van der Waals surface area contributed by atoms with Gasteiger partial charge in [0.05, 0.1) is 61.6 Å². The Morgan fingerprint density at radius 3 is 2.56 bits per heavy atom. The molecule has 0 aliphatic carbocycles. The zero-order valence-electron chi connectivity index (χ0n) is 26.6. The number of ether oxygens (including phenoxy) is 5. The maximum absolute atomic E-state index is 13.6. The summed E-state index contributed by atoms with van der Waals surface area (Å²) in [7, 11) is 3.55. The molecule has 0 saturated carbocycles. The van der Waals surface area contributed by atoms with Crippen molar-refractivity contribution in [2.24, 2.45) is 0 Å². The van der Waals surface area contributed by atoms with Crippen LogP contribution in [0.2, 0.25) is 10.0 Å². The van der Waals surface area contributed by atoms with E-state index in [1.54, 1.807) is 19.2 Å². The van der Waals surface area contributed by atoms with Crippen molar-refractivity contribution in [2.45, 2.75) is 56.6 Å². The van der Waals surface area contributed by atoms with Crippen LogP contribution < -0.4 is 5.32 Å². The smallest absolute Gasteiger partial charge is 0.227 e. The molecule has 2 unspecified atom stereocenters. The molecule has 45 heavy (non-hydrogen) atoms. The summed E-state index contributed by atoms with van der Waals surface area (Å²) in [6.07, 6.45) is 4.21. The third kappa shape index (κ3) is 12.1. The molecule has 2 heterocycles. The van der Waals surface area contributed by atoms with Crippen molar-refractivity contribution in [2.75, 3.05) is 80.0 Å².